The predicted molar refractivity (Wildman–Crippen MR) is 112 cm³/mol. The lowest BCUT2D eigenvalue weighted by molar-refractivity contribution is -0.136. The zero-order chi connectivity index (χ0) is 24.7. The Hall–Kier alpha value is -3.63. The van der Waals surface area contributed by atoms with Gasteiger partial charge in [0.1, 0.15) is 11.3 Å². The lowest BCUT2D eigenvalue weighted by atomic mass is 9.98. The van der Waals surface area contributed by atoms with E-state index in [1.807, 2.05) is 5.32 Å². The van der Waals surface area contributed by atoms with Gasteiger partial charge in [0.15, 0.2) is 0 Å². The number of rotatable bonds is 4. The van der Waals surface area contributed by atoms with E-state index in [2.05, 4.69) is 0 Å². The number of carbonyl (C=O) groups is 2. The van der Waals surface area contributed by atoms with E-state index in [1.165, 1.54) is 41.3 Å². The lowest BCUT2D eigenvalue weighted by Gasteiger charge is -2.31. The standard InChI is InChI=1S/C23H19F5N2O4/c24-22(25)5-7-30(8-6-22)20(31)14-3-1-13(2-4-14)15-9-16-10-17(12-29-21(32)33)34-19(16)18(11-15)23(26,27)28/h1-4,9-11,29H,5-8,12H2,(H,32,33). The molecule has 2 amide bonds. The molecule has 1 saturated heterocycles. The van der Waals surface area contributed by atoms with Crippen molar-refractivity contribution in [2.45, 2.75) is 31.5 Å². The minimum atomic E-state index is -4.73. The molecule has 180 valence electrons. The molecule has 34 heavy (non-hydrogen) atoms. The summed E-state index contributed by atoms with van der Waals surface area (Å²) < 4.78 is 73.0. The van der Waals surface area contributed by atoms with Crippen LogP contribution in [0.5, 0.6) is 0 Å². The van der Waals surface area contributed by atoms with Crippen LogP contribution in [0.1, 0.15) is 34.5 Å². The molecule has 0 saturated carbocycles. The van der Waals surface area contributed by atoms with Crippen LogP contribution in [0.2, 0.25) is 0 Å². The fraction of sp³-hybridized carbons (Fsp3) is 0.304. The van der Waals surface area contributed by atoms with Gasteiger partial charge in [0.25, 0.3) is 11.8 Å². The van der Waals surface area contributed by atoms with E-state index in [9.17, 15) is 31.5 Å². The Morgan fingerprint density at radius 1 is 1.03 bits per heavy atom. The normalized spacial score (nSPS) is 16.0. The van der Waals surface area contributed by atoms with Crippen molar-refractivity contribution >= 4 is 23.0 Å². The molecule has 1 fully saturated rings. The fourth-order valence-corrected chi connectivity index (χ4v) is 3.86. The van der Waals surface area contributed by atoms with Gasteiger partial charge in [-0.1, -0.05) is 12.1 Å². The quantitative estimate of drug-likeness (QED) is 0.464. The van der Waals surface area contributed by atoms with Crippen molar-refractivity contribution < 1.29 is 41.1 Å². The molecule has 0 bridgehead atoms. The first kappa shape index (κ1) is 23.5. The molecule has 2 aromatic carbocycles. The number of fused-ring (bicyclic) bond motifs is 1. The maximum absolute atomic E-state index is 13.7. The Bertz CT molecular complexity index is 1220. The first-order chi connectivity index (χ1) is 15.9. The number of halogens is 5. The third kappa shape index (κ3) is 4.97. The topological polar surface area (TPSA) is 82.8 Å². The largest absolute Gasteiger partial charge is 0.465 e. The van der Waals surface area contributed by atoms with E-state index in [-0.39, 0.29) is 41.9 Å². The van der Waals surface area contributed by atoms with Gasteiger partial charge in [-0.05, 0) is 41.5 Å². The monoisotopic (exact) mass is 482 g/mol. The van der Waals surface area contributed by atoms with Crippen LogP contribution in [0.15, 0.2) is 46.9 Å². The average Bonchev–Trinajstić information content (AvgIpc) is 3.19. The SMILES string of the molecule is O=C(O)NCc1cc2cc(-c3ccc(C(=O)N4CCC(F)(F)CC4)cc3)cc(C(F)(F)F)c2o1. The third-order valence-corrected chi connectivity index (χ3v) is 5.63. The molecule has 1 aromatic heterocycles. The highest BCUT2D eigenvalue weighted by molar-refractivity contribution is 5.95. The molecule has 0 unspecified atom stereocenters. The van der Waals surface area contributed by atoms with Crippen LogP contribution in [0.4, 0.5) is 26.7 Å². The van der Waals surface area contributed by atoms with Crippen LogP contribution in [0.25, 0.3) is 22.1 Å². The highest BCUT2D eigenvalue weighted by Gasteiger charge is 2.36. The number of carboxylic acid groups (broad SMARTS) is 1. The summed E-state index contributed by atoms with van der Waals surface area (Å²) in [5, 5.41) is 10.9. The van der Waals surface area contributed by atoms with Gasteiger partial charge in [0.05, 0.1) is 12.1 Å². The maximum Gasteiger partial charge on any atom is 0.420 e. The molecule has 2 N–H and O–H groups in total. The highest BCUT2D eigenvalue weighted by Crippen LogP contribution is 2.39. The molecule has 0 atom stereocenters. The van der Waals surface area contributed by atoms with Crippen molar-refractivity contribution in [2.75, 3.05) is 13.1 Å². The summed E-state index contributed by atoms with van der Waals surface area (Å²) in [6, 6.07) is 9.58. The van der Waals surface area contributed by atoms with Crippen LogP contribution < -0.4 is 5.32 Å². The van der Waals surface area contributed by atoms with Gasteiger partial charge in [-0.25, -0.2) is 13.6 Å². The van der Waals surface area contributed by atoms with E-state index in [0.717, 1.165) is 6.07 Å². The molecule has 3 aromatic rings. The first-order valence-electron chi connectivity index (χ1n) is 10.3. The highest BCUT2D eigenvalue weighted by atomic mass is 19.4. The number of alkyl halides is 5. The molecule has 11 heteroatoms. The van der Waals surface area contributed by atoms with Crippen LogP contribution in [-0.2, 0) is 12.7 Å². The van der Waals surface area contributed by atoms with Gasteiger partial charge in [-0.15, -0.1) is 0 Å². The summed E-state index contributed by atoms with van der Waals surface area (Å²) in [6.07, 6.45) is -6.89. The molecule has 0 aliphatic carbocycles. The third-order valence-electron chi connectivity index (χ3n) is 5.63. The van der Waals surface area contributed by atoms with Gasteiger partial charge < -0.3 is 19.7 Å². The first-order valence-corrected chi connectivity index (χ1v) is 10.3. The number of piperidine rings is 1. The summed E-state index contributed by atoms with van der Waals surface area (Å²) in [5.41, 5.74) is -0.560. The summed E-state index contributed by atoms with van der Waals surface area (Å²) in [6.45, 7) is -0.437. The number of nitrogens with zero attached hydrogens (tertiary/aromatic N) is 1. The smallest absolute Gasteiger partial charge is 0.420 e. The van der Waals surface area contributed by atoms with Gasteiger partial charge >= 0.3 is 12.3 Å². The molecular weight excluding hydrogens is 463 g/mol. The average molecular weight is 482 g/mol. The lowest BCUT2D eigenvalue weighted by Crippen LogP contribution is -2.42. The zero-order valence-electron chi connectivity index (χ0n) is 17.6. The molecule has 6 nitrogen and oxygen atoms in total. The summed E-state index contributed by atoms with van der Waals surface area (Å²) in [4.78, 5) is 24.6. The van der Waals surface area contributed by atoms with Gasteiger partial charge in [0.2, 0.25) is 0 Å². The second-order valence-corrected chi connectivity index (χ2v) is 8.04. The predicted octanol–water partition coefficient (Wildman–Crippen LogP) is 5.76. The number of benzene rings is 2. The van der Waals surface area contributed by atoms with Crippen molar-refractivity contribution in [3.8, 4) is 11.1 Å². The molecule has 1 aliphatic rings. The number of nitrogens with one attached hydrogen (secondary N) is 1. The Balaban J connectivity index is 1.62. The van der Waals surface area contributed by atoms with Crippen LogP contribution in [0.3, 0.4) is 0 Å². The zero-order valence-corrected chi connectivity index (χ0v) is 17.6. The van der Waals surface area contributed by atoms with Gasteiger partial charge in [-0.3, -0.25) is 4.79 Å². The summed E-state index contributed by atoms with van der Waals surface area (Å²) >= 11 is 0. The van der Waals surface area contributed by atoms with Crippen molar-refractivity contribution in [3.05, 3.63) is 59.4 Å². The minimum Gasteiger partial charge on any atom is -0.465 e. The van der Waals surface area contributed by atoms with E-state index >= 15 is 0 Å². The van der Waals surface area contributed by atoms with Crippen LogP contribution in [0, 0.1) is 0 Å². The molecule has 4 rings (SSSR count). The van der Waals surface area contributed by atoms with Crippen molar-refractivity contribution in [1.29, 1.82) is 0 Å². The number of hydrogen-bond donors (Lipinski definition) is 2. The second-order valence-electron chi connectivity index (χ2n) is 8.04. The van der Waals surface area contributed by atoms with E-state index < -0.39 is 48.1 Å². The maximum atomic E-state index is 13.7. The Kier molecular flexibility index (Phi) is 5.96. The molecule has 2 heterocycles. The second kappa shape index (κ2) is 8.62. The summed E-state index contributed by atoms with van der Waals surface area (Å²) in [7, 11) is 0. The number of hydrogen-bond acceptors (Lipinski definition) is 3. The van der Waals surface area contributed by atoms with E-state index in [0.29, 0.717) is 5.56 Å². The van der Waals surface area contributed by atoms with Crippen molar-refractivity contribution in [1.82, 2.24) is 10.2 Å². The van der Waals surface area contributed by atoms with Crippen LogP contribution >= 0.6 is 0 Å². The van der Waals surface area contributed by atoms with Gasteiger partial charge in [0, 0.05) is 36.9 Å². The number of carbonyl (C=O) groups excluding carboxylic acids is 1. The van der Waals surface area contributed by atoms with Crippen LogP contribution in [-0.4, -0.2) is 41.0 Å². The Morgan fingerprint density at radius 3 is 2.26 bits per heavy atom. The minimum absolute atomic E-state index is 0.0214. The Labute approximate surface area is 189 Å². The van der Waals surface area contributed by atoms with Crippen molar-refractivity contribution in [3.63, 3.8) is 0 Å². The molecular formula is C23H19F5N2O4. The Morgan fingerprint density at radius 2 is 1.68 bits per heavy atom. The number of likely N-dealkylation sites (tertiary alicyclic amines) is 1. The fourth-order valence-electron chi connectivity index (χ4n) is 3.86. The van der Waals surface area contributed by atoms with E-state index in [4.69, 9.17) is 9.52 Å². The molecule has 0 spiro atoms. The number of furan rings is 1. The number of amides is 2. The molecule has 1 aliphatic heterocycles. The molecule has 0 radical (unpaired) electrons. The van der Waals surface area contributed by atoms with Gasteiger partial charge in [-0.2, -0.15) is 13.2 Å². The summed E-state index contributed by atoms with van der Waals surface area (Å²) in [5.74, 6) is -3.18. The van der Waals surface area contributed by atoms with Crippen molar-refractivity contribution in [2.24, 2.45) is 0 Å². The van der Waals surface area contributed by atoms with E-state index in [1.54, 1.807) is 0 Å².